The first-order valence-corrected chi connectivity index (χ1v) is 11.8. The van der Waals surface area contributed by atoms with Gasteiger partial charge in [0, 0.05) is 62.2 Å². The van der Waals surface area contributed by atoms with Crippen LogP contribution < -0.4 is 4.90 Å². The lowest BCUT2D eigenvalue weighted by atomic mass is 9.97. The maximum atomic E-state index is 12.2. The van der Waals surface area contributed by atoms with Crippen molar-refractivity contribution in [3.8, 4) is 11.3 Å². The fourth-order valence-electron chi connectivity index (χ4n) is 5.25. The second kappa shape index (κ2) is 7.73. The number of ether oxygens (including phenoxy) is 1. The number of aryl methyl sites for hydroxylation is 3. The van der Waals surface area contributed by atoms with Gasteiger partial charge in [0.15, 0.2) is 5.82 Å². The fourth-order valence-corrected chi connectivity index (χ4v) is 5.25. The lowest BCUT2D eigenvalue weighted by Gasteiger charge is -2.33. The molecule has 1 amide bonds. The summed E-state index contributed by atoms with van der Waals surface area (Å²) in [7, 11) is 2.03. The quantitative estimate of drug-likeness (QED) is 0.618. The zero-order valence-corrected chi connectivity index (χ0v) is 19.5. The molecule has 2 aromatic heterocycles. The van der Waals surface area contributed by atoms with E-state index in [1.807, 2.05) is 18.9 Å². The van der Waals surface area contributed by atoms with Crippen LogP contribution in [-0.2, 0) is 36.0 Å². The number of benzene rings is 1. The number of anilines is 2. The Morgan fingerprint density at radius 1 is 1.18 bits per heavy atom. The first kappa shape index (κ1) is 20.5. The van der Waals surface area contributed by atoms with Crippen molar-refractivity contribution in [3.63, 3.8) is 0 Å². The molecule has 3 aromatic rings. The van der Waals surface area contributed by atoms with E-state index in [0.717, 1.165) is 55.3 Å². The van der Waals surface area contributed by atoms with Gasteiger partial charge in [-0.25, -0.2) is 4.98 Å². The summed E-state index contributed by atoms with van der Waals surface area (Å²) in [5, 5.41) is 5.13. The summed E-state index contributed by atoms with van der Waals surface area (Å²) >= 11 is 0. The summed E-state index contributed by atoms with van der Waals surface area (Å²) in [5.74, 6) is 2.14. The number of fused-ring (bicyclic) bond motifs is 2. The number of imidazole rings is 1. The number of amides is 1. The van der Waals surface area contributed by atoms with Gasteiger partial charge in [0.2, 0.25) is 5.91 Å². The smallest absolute Gasteiger partial charge is 0.219 e. The highest BCUT2D eigenvalue weighted by molar-refractivity contribution is 5.76. The van der Waals surface area contributed by atoms with E-state index in [1.165, 1.54) is 22.5 Å². The van der Waals surface area contributed by atoms with Gasteiger partial charge in [-0.3, -0.25) is 9.48 Å². The molecule has 33 heavy (non-hydrogen) atoms. The second-order valence-electron chi connectivity index (χ2n) is 9.46. The topological polar surface area (TPSA) is 68.4 Å². The van der Waals surface area contributed by atoms with Gasteiger partial charge in [0.1, 0.15) is 5.82 Å². The molecule has 5 heterocycles. The first-order chi connectivity index (χ1) is 16.0. The van der Waals surface area contributed by atoms with Crippen LogP contribution in [0.25, 0.3) is 11.3 Å². The molecule has 172 valence electrons. The van der Waals surface area contributed by atoms with Crippen LogP contribution in [0.1, 0.15) is 42.0 Å². The summed E-state index contributed by atoms with van der Waals surface area (Å²) in [6.45, 7) is 7.43. The Hall–Kier alpha value is -3.13. The Morgan fingerprint density at radius 3 is 2.73 bits per heavy atom. The van der Waals surface area contributed by atoms with Gasteiger partial charge in [-0.2, -0.15) is 5.10 Å². The van der Waals surface area contributed by atoms with Gasteiger partial charge < -0.3 is 19.1 Å². The number of nitrogens with zero attached hydrogens (tertiary/aromatic N) is 6. The van der Waals surface area contributed by atoms with Gasteiger partial charge in [-0.15, -0.1) is 0 Å². The molecule has 0 saturated carbocycles. The molecule has 8 heteroatoms. The van der Waals surface area contributed by atoms with Crippen molar-refractivity contribution >= 4 is 17.4 Å². The third kappa shape index (κ3) is 3.35. The van der Waals surface area contributed by atoms with Crippen molar-refractivity contribution < 1.29 is 9.53 Å². The minimum Gasteiger partial charge on any atom is -0.377 e. The molecule has 3 aliphatic rings. The Kier molecular flexibility index (Phi) is 4.79. The van der Waals surface area contributed by atoms with Crippen molar-refractivity contribution in [1.29, 1.82) is 0 Å². The summed E-state index contributed by atoms with van der Waals surface area (Å²) in [6.07, 6.45) is 5.05. The van der Waals surface area contributed by atoms with E-state index >= 15 is 0 Å². The van der Waals surface area contributed by atoms with E-state index in [4.69, 9.17) is 14.8 Å². The van der Waals surface area contributed by atoms with Crippen molar-refractivity contribution in [2.24, 2.45) is 7.05 Å². The molecule has 3 aliphatic heterocycles. The Balaban J connectivity index is 1.41. The molecule has 0 N–H and O–H groups in total. The van der Waals surface area contributed by atoms with Gasteiger partial charge in [-0.1, -0.05) is 6.07 Å². The maximum Gasteiger partial charge on any atom is 0.219 e. The number of hydrogen-bond donors (Lipinski definition) is 0. The highest BCUT2D eigenvalue weighted by Crippen LogP contribution is 2.40. The van der Waals surface area contributed by atoms with Crippen LogP contribution in [-0.4, -0.2) is 56.4 Å². The molecular formula is C25H30N6O2. The van der Waals surface area contributed by atoms with E-state index in [9.17, 15) is 4.79 Å². The highest BCUT2D eigenvalue weighted by Gasteiger charge is 2.34. The highest BCUT2D eigenvalue weighted by atomic mass is 16.5. The molecule has 0 spiro atoms. The molecule has 1 aromatic carbocycles. The van der Waals surface area contributed by atoms with E-state index in [2.05, 4.69) is 38.5 Å². The van der Waals surface area contributed by atoms with Crippen molar-refractivity contribution in [2.75, 3.05) is 31.2 Å². The van der Waals surface area contributed by atoms with Crippen LogP contribution in [0.4, 0.5) is 11.5 Å². The van der Waals surface area contributed by atoms with E-state index in [-0.39, 0.29) is 5.91 Å². The first-order valence-electron chi connectivity index (χ1n) is 11.8. The van der Waals surface area contributed by atoms with E-state index in [0.29, 0.717) is 25.8 Å². The minimum absolute atomic E-state index is 0.126. The van der Waals surface area contributed by atoms with Gasteiger partial charge in [0.25, 0.3) is 0 Å². The molecule has 0 atom stereocenters. The number of carbonyl (C=O) groups excluding carboxylic acids is 1. The summed E-state index contributed by atoms with van der Waals surface area (Å²) < 4.78 is 9.72. The average molecular weight is 447 g/mol. The molecule has 1 saturated heterocycles. The molecule has 0 radical (unpaired) electrons. The predicted molar refractivity (Wildman–Crippen MR) is 126 cm³/mol. The van der Waals surface area contributed by atoms with Gasteiger partial charge in [0.05, 0.1) is 31.5 Å². The Labute approximate surface area is 193 Å². The third-order valence-corrected chi connectivity index (χ3v) is 7.33. The molecule has 6 rings (SSSR count). The molecule has 0 bridgehead atoms. The Bertz CT molecular complexity index is 1220. The molecular weight excluding hydrogens is 416 g/mol. The van der Waals surface area contributed by atoms with Crippen LogP contribution >= 0.6 is 0 Å². The molecule has 1 fully saturated rings. The van der Waals surface area contributed by atoms with Crippen molar-refractivity contribution in [1.82, 2.24) is 24.2 Å². The lowest BCUT2D eigenvalue weighted by Crippen LogP contribution is -2.37. The van der Waals surface area contributed by atoms with Crippen LogP contribution in [0, 0.1) is 6.92 Å². The number of rotatable bonds is 3. The normalized spacial score (nSPS) is 18.2. The standard InChI is InChI=1S/C25H30N6O2/c1-16-26-22(13-28(16)3)18-6-7-23-19(11-18)5-4-9-30(23)25-21-12-29(17(2)32)10-8-24(21)31(27-25)20-14-33-15-20/h6-7,11,13,20H,4-5,8-10,12,14-15H2,1-3H3. The third-order valence-electron chi connectivity index (χ3n) is 7.33. The average Bonchev–Trinajstić information content (AvgIpc) is 3.31. The van der Waals surface area contributed by atoms with Crippen molar-refractivity contribution in [3.05, 3.63) is 47.0 Å². The van der Waals surface area contributed by atoms with Gasteiger partial charge in [-0.05, 0) is 37.5 Å². The molecule has 0 unspecified atom stereocenters. The zero-order valence-electron chi connectivity index (χ0n) is 19.5. The monoisotopic (exact) mass is 446 g/mol. The largest absolute Gasteiger partial charge is 0.377 e. The van der Waals surface area contributed by atoms with Crippen molar-refractivity contribution in [2.45, 2.75) is 45.7 Å². The van der Waals surface area contributed by atoms with Crippen LogP contribution in [0.15, 0.2) is 24.4 Å². The lowest BCUT2D eigenvalue weighted by molar-refractivity contribution is -0.129. The maximum absolute atomic E-state index is 12.2. The second-order valence-corrected chi connectivity index (χ2v) is 9.46. The fraction of sp³-hybridized carbons (Fsp3) is 0.480. The Morgan fingerprint density at radius 2 is 2.03 bits per heavy atom. The summed E-state index contributed by atoms with van der Waals surface area (Å²) in [5.41, 5.74) is 7.18. The van der Waals surface area contributed by atoms with Crippen LogP contribution in [0.3, 0.4) is 0 Å². The minimum atomic E-state index is 0.126. The summed E-state index contributed by atoms with van der Waals surface area (Å²) in [4.78, 5) is 21.2. The van der Waals surface area contributed by atoms with E-state index in [1.54, 1.807) is 6.92 Å². The van der Waals surface area contributed by atoms with Gasteiger partial charge >= 0.3 is 0 Å². The predicted octanol–water partition coefficient (Wildman–Crippen LogP) is 3.15. The summed E-state index contributed by atoms with van der Waals surface area (Å²) in [6, 6.07) is 6.98. The number of carbonyl (C=O) groups is 1. The number of aromatic nitrogens is 4. The van der Waals surface area contributed by atoms with Crippen LogP contribution in [0.2, 0.25) is 0 Å². The zero-order chi connectivity index (χ0) is 22.7. The SMILES string of the molecule is CC(=O)N1CCc2c(c(N3CCCc4cc(-c5cn(C)c(C)n5)ccc43)nn2C2COC2)C1. The number of hydrogen-bond acceptors (Lipinski definition) is 5. The van der Waals surface area contributed by atoms with Crippen LogP contribution in [0.5, 0.6) is 0 Å². The molecule has 8 nitrogen and oxygen atoms in total. The van der Waals surface area contributed by atoms with E-state index < -0.39 is 0 Å². The molecule has 0 aliphatic carbocycles.